The molecule has 208 valence electrons. The number of fused-ring (bicyclic) bond motifs is 1. The van der Waals surface area contributed by atoms with Gasteiger partial charge in [-0.05, 0) is 75.6 Å². The van der Waals surface area contributed by atoms with Crippen molar-refractivity contribution in [2.75, 3.05) is 23.8 Å². The molecule has 0 aliphatic carbocycles. The Morgan fingerprint density at radius 2 is 1.90 bits per heavy atom. The molecule has 1 spiro atoms. The minimum absolute atomic E-state index is 0.0389. The van der Waals surface area contributed by atoms with Gasteiger partial charge in [0.1, 0.15) is 11.8 Å². The summed E-state index contributed by atoms with van der Waals surface area (Å²) in [6, 6.07) is 11.6. The van der Waals surface area contributed by atoms with Crippen LogP contribution in [0.3, 0.4) is 0 Å². The number of carbonyl (C=O) groups excluding carboxylic acids is 3. The van der Waals surface area contributed by atoms with Crippen molar-refractivity contribution in [1.29, 1.82) is 0 Å². The molecule has 2 aromatic carbocycles. The summed E-state index contributed by atoms with van der Waals surface area (Å²) in [6.07, 6.45) is 0.575. The molecule has 3 aliphatic heterocycles. The van der Waals surface area contributed by atoms with Crippen LogP contribution in [0, 0.1) is 25.7 Å². The topological polar surface area (TPSA) is 108 Å². The molecule has 3 N–H and O–H groups in total. The number of carbonyl (C=O) groups is 3. The van der Waals surface area contributed by atoms with Crippen LogP contribution in [0.25, 0.3) is 0 Å². The maximum atomic E-state index is 14.1. The van der Waals surface area contributed by atoms with Crippen LogP contribution in [-0.4, -0.2) is 67.8 Å². The molecule has 0 saturated carbocycles. The second kappa shape index (κ2) is 10.8. The number of amides is 3. The number of aryl methyl sites for hydroxylation is 2. The third-order valence-corrected chi connectivity index (χ3v) is 11.3. The van der Waals surface area contributed by atoms with Crippen LogP contribution >= 0.6 is 27.7 Å². The van der Waals surface area contributed by atoms with Crippen molar-refractivity contribution in [2.24, 2.45) is 11.8 Å². The maximum absolute atomic E-state index is 14.1. The lowest BCUT2D eigenvalue weighted by atomic mass is 9.70. The zero-order chi connectivity index (χ0) is 28.1. The van der Waals surface area contributed by atoms with E-state index in [4.69, 9.17) is 4.74 Å². The minimum Gasteiger partial charge on any atom is -0.494 e. The lowest BCUT2D eigenvalue weighted by Gasteiger charge is -2.36. The molecular formula is C29H34BrN3O5S. The lowest BCUT2D eigenvalue weighted by Crippen LogP contribution is -2.54. The van der Waals surface area contributed by atoms with E-state index in [1.807, 2.05) is 39.0 Å². The molecule has 0 radical (unpaired) electrons. The van der Waals surface area contributed by atoms with Crippen LogP contribution in [0.1, 0.15) is 31.4 Å². The van der Waals surface area contributed by atoms with E-state index in [-0.39, 0.29) is 34.4 Å². The van der Waals surface area contributed by atoms with E-state index in [1.165, 1.54) is 4.90 Å². The number of nitrogens with zero attached hydrogens (tertiary/aromatic N) is 1. The number of hydrogen-bond acceptors (Lipinski definition) is 6. The third-order valence-electron chi connectivity index (χ3n) is 8.10. The van der Waals surface area contributed by atoms with Crippen molar-refractivity contribution in [3.63, 3.8) is 0 Å². The van der Waals surface area contributed by atoms with E-state index in [9.17, 15) is 19.5 Å². The van der Waals surface area contributed by atoms with Crippen LogP contribution in [0.15, 0.2) is 42.5 Å². The first-order valence-corrected chi connectivity index (χ1v) is 15.1. The van der Waals surface area contributed by atoms with Crippen molar-refractivity contribution in [2.45, 2.75) is 61.0 Å². The summed E-state index contributed by atoms with van der Waals surface area (Å²) in [5.41, 5.74) is 3.24. The zero-order valence-electron chi connectivity index (χ0n) is 22.4. The highest BCUT2D eigenvalue weighted by Gasteiger charge is 2.76. The number of alkyl halides is 1. The summed E-state index contributed by atoms with van der Waals surface area (Å²) < 4.78 is 4.70. The van der Waals surface area contributed by atoms with Crippen molar-refractivity contribution in [3.05, 3.63) is 53.6 Å². The van der Waals surface area contributed by atoms with Gasteiger partial charge in [0.15, 0.2) is 0 Å². The summed E-state index contributed by atoms with van der Waals surface area (Å²) >= 11 is 5.35. The van der Waals surface area contributed by atoms with Crippen LogP contribution < -0.4 is 15.4 Å². The first-order valence-electron chi connectivity index (χ1n) is 13.3. The lowest BCUT2D eigenvalue weighted by molar-refractivity contribution is -0.140. The fourth-order valence-corrected chi connectivity index (χ4v) is 9.93. The average molecular weight is 617 g/mol. The Kier molecular flexibility index (Phi) is 7.74. The predicted molar refractivity (Wildman–Crippen MR) is 156 cm³/mol. The summed E-state index contributed by atoms with van der Waals surface area (Å²) in [5.74, 6) is -1.37. The third kappa shape index (κ3) is 4.74. The first kappa shape index (κ1) is 28.0. The van der Waals surface area contributed by atoms with E-state index in [1.54, 1.807) is 43.0 Å². The van der Waals surface area contributed by atoms with Gasteiger partial charge in [-0.1, -0.05) is 28.1 Å². The number of rotatable bonds is 8. The van der Waals surface area contributed by atoms with E-state index in [0.717, 1.165) is 11.1 Å². The van der Waals surface area contributed by atoms with Gasteiger partial charge in [-0.15, -0.1) is 11.8 Å². The Hall–Kier alpha value is -2.56. The van der Waals surface area contributed by atoms with Crippen LogP contribution in [0.2, 0.25) is 0 Å². The number of benzene rings is 2. The number of nitrogens with one attached hydrogen (secondary N) is 2. The molecular weight excluding hydrogens is 582 g/mol. The summed E-state index contributed by atoms with van der Waals surface area (Å²) in [4.78, 5) is 43.3. The van der Waals surface area contributed by atoms with Gasteiger partial charge in [-0.2, -0.15) is 0 Å². The van der Waals surface area contributed by atoms with Gasteiger partial charge in [0.2, 0.25) is 17.7 Å². The number of aliphatic hydroxyl groups is 1. The van der Waals surface area contributed by atoms with Crippen LogP contribution in [-0.2, 0) is 14.4 Å². The largest absolute Gasteiger partial charge is 0.494 e. The van der Waals surface area contributed by atoms with Gasteiger partial charge in [0, 0.05) is 21.5 Å². The van der Waals surface area contributed by atoms with Crippen LogP contribution in [0.5, 0.6) is 5.75 Å². The smallest absolute Gasteiger partial charge is 0.248 e. The second-order valence-corrected chi connectivity index (χ2v) is 13.4. The van der Waals surface area contributed by atoms with Crippen molar-refractivity contribution < 1.29 is 24.2 Å². The van der Waals surface area contributed by atoms with E-state index in [0.29, 0.717) is 30.2 Å². The van der Waals surface area contributed by atoms with E-state index in [2.05, 4.69) is 26.6 Å². The molecule has 2 bridgehead atoms. The number of aliphatic hydroxyl groups excluding tert-OH is 1. The van der Waals surface area contributed by atoms with E-state index >= 15 is 0 Å². The van der Waals surface area contributed by atoms with Gasteiger partial charge in [-0.25, -0.2) is 0 Å². The number of halogens is 1. The van der Waals surface area contributed by atoms with Gasteiger partial charge in [0.05, 0.1) is 35.8 Å². The SMILES string of the molecule is CCOc1ccc(NC(=O)[C@H]2[C@@H]3SC4(CC3Br)C(C(=O)Nc3cc(C)ccc3C)N([C@H](C)CO)C(=O)[C@H]24)cc1. The molecule has 5 rings (SSSR count). The Balaban J connectivity index is 1.47. The molecule has 3 aliphatic rings. The zero-order valence-corrected chi connectivity index (χ0v) is 24.8. The van der Waals surface area contributed by atoms with E-state index < -0.39 is 28.7 Å². The number of ether oxygens (including phenoxy) is 1. The molecule has 39 heavy (non-hydrogen) atoms. The normalized spacial score (nSPS) is 29.7. The molecule has 7 atom stereocenters. The summed E-state index contributed by atoms with van der Waals surface area (Å²) in [7, 11) is 0. The predicted octanol–water partition coefficient (Wildman–Crippen LogP) is 4.12. The highest BCUT2D eigenvalue weighted by molar-refractivity contribution is 9.09. The quantitative estimate of drug-likeness (QED) is 0.386. The number of thioether (sulfide) groups is 1. The summed E-state index contributed by atoms with van der Waals surface area (Å²) in [6.45, 7) is 7.80. The van der Waals surface area contributed by atoms with Crippen LogP contribution in [0.4, 0.5) is 11.4 Å². The molecule has 2 aromatic rings. The standard InChI is InChI=1S/C29H34BrN3O5S/c1-5-38-19-10-8-18(9-11-19)31-26(35)22-23-28(37)33(17(4)14-34)25(29(23)13-20(30)24(22)39-29)27(36)32-21-12-15(2)6-7-16(21)3/h6-12,17,20,22-25,34H,5,13-14H2,1-4H3,(H,31,35)(H,32,36)/t17-,20?,22-,23+,24-,25?,29?/m1/s1. The monoisotopic (exact) mass is 615 g/mol. The number of anilines is 2. The molecule has 3 heterocycles. The molecule has 3 unspecified atom stereocenters. The van der Waals surface area contributed by atoms with Gasteiger partial charge in [0.25, 0.3) is 0 Å². The van der Waals surface area contributed by atoms with Crippen molar-refractivity contribution >= 4 is 56.8 Å². The molecule has 3 amide bonds. The molecule has 10 heteroatoms. The fourth-order valence-electron chi connectivity index (χ4n) is 6.33. The fraction of sp³-hybridized carbons (Fsp3) is 0.483. The number of hydrogen-bond donors (Lipinski definition) is 3. The number of likely N-dealkylation sites (tertiary alicyclic amines) is 1. The molecule has 8 nitrogen and oxygen atoms in total. The maximum Gasteiger partial charge on any atom is 0.248 e. The van der Waals surface area contributed by atoms with Gasteiger partial charge < -0.3 is 25.4 Å². The molecule has 0 aromatic heterocycles. The highest BCUT2D eigenvalue weighted by atomic mass is 79.9. The summed E-state index contributed by atoms with van der Waals surface area (Å²) in [5, 5.41) is 16.0. The highest BCUT2D eigenvalue weighted by Crippen LogP contribution is 2.68. The Morgan fingerprint density at radius 1 is 1.18 bits per heavy atom. The second-order valence-electron chi connectivity index (χ2n) is 10.7. The Morgan fingerprint density at radius 3 is 2.56 bits per heavy atom. The molecule has 3 fully saturated rings. The minimum atomic E-state index is -0.824. The van der Waals surface area contributed by atoms with Crippen molar-refractivity contribution in [3.8, 4) is 5.75 Å². The average Bonchev–Trinajstić information content (AvgIpc) is 3.50. The van der Waals surface area contributed by atoms with Gasteiger partial charge in [-0.3, -0.25) is 14.4 Å². The first-order chi connectivity index (χ1) is 18.6. The molecule has 3 saturated heterocycles. The van der Waals surface area contributed by atoms with Gasteiger partial charge >= 0.3 is 0 Å². The Labute approximate surface area is 241 Å². The Bertz CT molecular complexity index is 1290. The van der Waals surface area contributed by atoms with Crippen molar-refractivity contribution in [1.82, 2.24) is 4.90 Å².